The van der Waals surface area contributed by atoms with Gasteiger partial charge in [0.25, 0.3) is 0 Å². The highest BCUT2D eigenvalue weighted by molar-refractivity contribution is 7.70. The van der Waals surface area contributed by atoms with Crippen molar-refractivity contribution in [3.8, 4) is 0 Å². The van der Waals surface area contributed by atoms with E-state index in [1.165, 1.54) is 11.1 Å². The number of hydrogen-bond donors (Lipinski definition) is 1. The minimum Gasteiger partial charge on any atom is -0.332 e. The summed E-state index contributed by atoms with van der Waals surface area (Å²) in [6.45, 7) is 4.15. The topological polar surface area (TPSA) is 29.1 Å². The average Bonchev–Trinajstić information content (AvgIpc) is 2.67. The van der Waals surface area contributed by atoms with Gasteiger partial charge in [0.1, 0.15) is 0 Å². The number of rotatable bonds is 2. The Kier molecular flexibility index (Phi) is 4.04. The van der Waals surface area contributed by atoms with Gasteiger partial charge >= 0.3 is 0 Å². The van der Waals surface area contributed by atoms with Gasteiger partial charge in [-0.05, 0) is 43.2 Å². The second-order valence-electron chi connectivity index (χ2n) is 5.73. The minimum absolute atomic E-state index is 0.565. The molecule has 0 aromatic heterocycles. The van der Waals surface area contributed by atoms with Crippen molar-refractivity contribution in [3.05, 3.63) is 83.4 Å². The lowest BCUT2D eigenvalue weighted by Gasteiger charge is -2.21. The lowest BCUT2D eigenvalue weighted by molar-refractivity contribution is 0.579. The summed E-state index contributed by atoms with van der Waals surface area (Å²) in [7, 11) is -2.70. The number of allylic oxidation sites excluding steroid dienone is 3. The van der Waals surface area contributed by atoms with Crippen molar-refractivity contribution in [1.82, 2.24) is 5.09 Å². The van der Waals surface area contributed by atoms with Gasteiger partial charge in [-0.25, -0.2) is 0 Å². The monoisotopic (exact) mass is 309 g/mol. The molecule has 1 atom stereocenters. The fourth-order valence-electron chi connectivity index (χ4n) is 2.66. The summed E-state index contributed by atoms with van der Waals surface area (Å²) in [5, 5.41) is 4.24. The first-order valence-electron chi connectivity index (χ1n) is 7.45. The van der Waals surface area contributed by atoms with Crippen LogP contribution in [0.15, 0.2) is 77.9 Å². The van der Waals surface area contributed by atoms with Crippen LogP contribution in [0.4, 0.5) is 0 Å². The Morgan fingerprint density at radius 2 is 1.50 bits per heavy atom. The van der Waals surface area contributed by atoms with Crippen molar-refractivity contribution in [2.75, 3.05) is 6.16 Å². The van der Waals surface area contributed by atoms with E-state index in [0.717, 1.165) is 16.6 Å². The molecule has 1 aliphatic heterocycles. The average molecular weight is 309 g/mol. The van der Waals surface area contributed by atoms with E-state index in [2.05, 4.69) is 25.0 Å². The summed E-state index contributed by atoms with van der Waals surface area (Å²) in [5.74, 6) is 0. The van der Waals surface area contributed by atoms with Crippen LogP contribution >= 0.6 is 7.29 Å². The molecular weight excluding hydrogens is 289 g/mol. The molecule has 3 heteroatoms. The maximum Gasteiger partial charge on any atom is 0.202 e. The van der Waals surface area contributed by atoms with Crippen LogP contribution in [-0.2, 0) is 4.57 Å². The summed E-state index contributed by atoms with van der Waals surface area (Å²) >= 11 is 0. The molecule has 1 heterocycles. The molecule has 0 bridgehead atoms. The first-order valence-corrected chi connectivity index (χ1v) is 9.34. The van der Waals surface area contributed by atoms with Crippen LogP contribution in [0.2, 0.25) is 0 Å². The van der Waals surface area contributed by atoms with Gasteiger partial charge in [0.05, 0.1) is 0 Å². The van der Waals surface area contributed by atoms with Crippen molar-refractivity contribution in [1.29, 1.82) is 0 Å². The third-order valence-corrected chi connectivity index (χ3v) is 6.71. The molecule has 0 aliphatic carbocycles. The molecule has 1 unspecified atom stereocenters. The molecule has 0 amide bonds. The Bertz CT molecular complexity index is 776. The second-order valence-corrected chi connectivity index (χ2v) is 8.27. The van der Waals surface area contributed by atoms with Gasteiger partial charge in [-0.15, -0.1) is 0 Å². The molecule has 2 nitrogen and oxygen atoms in total. The molecule has 0 saturated heterocycles. The maximum absolute atomic E-state index is 13.6. The maximum atomic E-state index is 13.6. The van der Waals surface area contributed by atoms with Crippen LogP contribution in [0.25, 0.3) is 5.70 Å². The highest BCUT2D eigenvalue weighted by Crippen LogP contribution is 2.46. The number of nitrogens with one attached hydrogen (secondary N) is 1. The van der Waals surface area contributed by atoms with Crippen LogP contribution in [0.5, 0.6) is 0 Å². The minimum atomic E-state index is -2.70. The normalized spacial score (nSPS) is 21.8. The molecular formula is C19H20NOP. The molecule has 1 aliphatic rings. The smallest absolute Gasteiger partial charge is 0.202 e. The molecule has 0 spiro atoms. The Balaban J connectivity index is 2.10. The highest BCUT2D eigenvalue weighted by Gasteiger charge is 2.28. The number of benzene rings is 2. The van der Waals surface area contributed by atoms with Gasteiger partial charge in [-0.3, -0.25) is 4.57 Å². The zero-order chi connectivity index (χ0) is 15.6. The third kappa shape index (κ3) is 2.93. The van der Waals surface area contributed by atoms with E-state index in [1.54, 1.807) is 0 Å². The Morgan fingerprint density at radius 3 is 2.14 bits per heavy atom. The summed E-state index contributed by atoms with van der Waals surface area (Å²) in [6.07, 6.45) is 2.67. The van der Waals surface area contributed by atoms with Gasteiger partial charge in [-0.1, -0.05) is 54.1 Å². The summed E-state index contributed by atoms with van der Waals surface area (Å²) in [5.41, 5.74) is 4.35. The molecule has 22 heavy (non-hydrogen) atoms. The van der Waals surface area contributed by atoms with Crippen molar-refractivity contribution in [3.63, 3.8) is 0 Å². The predicted molar refractivity (Wildman–Crippen MR) is 94.5 cm³/mol. The molecule has 3 rings (SSSR count). The van der Waals surface area contributed by atoms with Crippen LogP contribution in [0.1, 0.15) is 19.4 Å². The van der Waals surface area contributed by atoms with E-state index in [-0.39, 0.29) is 0 Å². The standard InChI is InChI=1S/C19H20NOP/c1-15-13-19(17-9-5-3-6-10-17)20-22(21,14-16(15)2)18-11-7-4-8-12-18/h3-13H,14H2,1-2H3,(H,20,21). The Labute approximate surface area is 132 Å². The quantitative estimate of drug-likeness (QED) is 0.823. The predicted octanol–water partition coefficient (Wildman–Crippen LogP) is 4.57. The van der Waals surface area contributed by atoms with E-state index in [9.17, 15) is 4.57 Å². The third-order valence-electron chi connectivity index (χ3n) is 4.05. The molecule has 0 radical (unpaired) electrons. The fraction of sp³-hybridized carbons (Fsp3) is 0.158. The highest BCUT2D eigenvalue weighted by atomic mass is 31.2. The summed E-state index contributed by atoms with van der Waals surface area (Å²) < 4.78 is 13.6. The van der Waals surface area contributed by atoms with Gasteiger partial charge in [0.2, 0.25) is 7.29 Å². The second kappa shape index (κ2) is 5.98. The van der Waals surface area contributed by atoms with Gasteiger partial charge in [-0.2, -0.15) is 0 Å². The lowest BCUT2D eigenvalue weighted by Crippen LogP contribution is -2.20. The van der Waals surface area contributed by atoms with Crippen molar-refractivity contribution >= 4 is 18.3 Å². The molecule has 112 valence electrons. The Morgan fingerprint density at radius 1 is 0.909 bits per heavy atom. The van der Waals surface area contributed by atoms with E-state index < -0.39 is 7.29 Å². The Hall–Kier alpha value is -2.05. The number of hydrogen-bond acceptors (Lipinski definition) is 1. The zero-order valence-electron chi connectivity index (χ0n) is 12.9. The van der Waals surface area contributed by atoms with Gasteiger partial charge in [0.15, 0.2) is 0 Å². The van der Waals surface area contributed by atoms with Crippen LogP contribution < -0.4 is 10.4 Å². The first-order chi connectivity index (χ1) is 10.6. The lowest BCUT2D eigenvalue weighted by atomic mass is 10.1. The largest absolute Gasteiger partial charge is 0.332 e. The van der Waals surface area contributed by atoms with E-state index >= 15 is 0 Å². The fourth-order valence-corrected chi connectivity index (χ4v) is 5.20. The van der Waals surface area contributed by atoms with Gasteiger partial charge < -0.3 is 5.09 Å². The van der Waals surface area contributed by atoms with Crippen LogP contribution in [0.3, 0.4) is 0 Å². The summed E-state index contributed by atoms with van der Waals surface area (Å²) in [4.78, 5) is 0. The zero-order valence-corrected chi connectivity index (χ0v) is 13.8. The van der Waals surface area contributed by atoms with Crippen LogP contribution in [0, 0.1) is 0 Å². The van der Waals surface area contributed by atoms with Crippen molar-refractivity contribution in [2.24, 2.45) is 0 Å². The molecule has 0 fully saturated rings. The van der Waals surface area contributed by atoms with Crippen LogP contribution in [-0.4, -0.2) is 6.16 Å². The SMILES string of the molecule is CC1=C(C)CP(=O)(c2ccccc2)NC(c2ccccc2)=C1. The van der Waals surface area contributed by atoms with E-state index in [1.807, 2.05) is 60.7 Å². The molecule has 1 N–H and O–H groups in total. The molecule has 0 saturated carbocycles. The van der Waals surface area contributed by atoms with Crippen molar-refractivity contribution < 1.29 is 4.57 Å². The van der Waals surface area contributed by atoms with Gasteiger partial charge in [0, 0.05) is 17.2 Å². The summed E-state index contributed by atoms with van der Waals surface area (Å²) in [6, 6.07) is 19.8. The molecule has 2 aromatic rings. The van der Waals surface area contributed by atoms with E-state index in [4.69, 9.17) is 0 Å². The van der Waals surface area contributed by atoms with Crippen molar-refractivity contribution in [2.45, 2.75) is 13.8 Å². The van der Waals surface area contributed by atoms with E-state index in [0.29, 0.717) is 6.16 Å². The first kappa shape index (κ1) is 14.9. The molecule has 2 aromatic carbocycles.